The van der Waals surface area contributed by atoms with Crippen molar-refractivity contribution in [1.29, 1.82) is 0 Å². The van der Waals surface area contributed by atoms with Gasteiger partial charge in [0, 0.05) is 12.1 Å². The number of methoxy groups -OCH3 is 1. The van der Waals surface area contributed by atoms with Crippen molar-refractivity contribution in [2.75, 3.05) is 18.1 Å². The first kappa shape index (κ1) is 23.7. The Morgan fingerprint density at radius 1 is 1.00 bits per heavy atom. The highest BCUT2D eigenvalue weighted by molar-refractivity contribution is 7.92. The fraction of sp³-hybridized carbons (Fsp3) is 0.174. The minimum Gasteiger partial charge on any atom is -0.497 e. The molecule has 0 amide bonds. The molecular formula is C23H22FN3O5S2. The topological polar surface area (TPSA) is 105 Å². The van der Waals surface area contributed by atoms with Crippen LogP contribution < -0.4 is 9.46 Å². The molecule has 0 bridgehead atoms. The molecule has 0 fully saturated rings. The molecule has 1 heterocycles. The number of sulfonamides is 2. The number of ether oxygens (including phenoxy) is 1. The minimum atomic E-state index is -4.07. The maximum Gasteiger partial charge on any atom is 0.279 e. The van der Waals surface area contributed by atoms with Crippen LogP contribution in [0.1, 0.15) is 23.6 Å². The van der Waals surface area contributed by atoms with Crippen LogP contribution in [-0.2, 0) is 20.0 Å². The van der Waals surface area contributed by atoms with E-state index in [-0.39, 0.29) is 11.3 Å². The maximum absolute atomic E-state index is 13.5. The van der Waals surface area contributed by atoms with E-state index in [0.29, 0.717) is 28.3 Å². The summed E-state index contributed by atoms with van der Waals surface area (Å²) < 4.78 is 72.4. The summed E-state index contributed by atoms with van der Waals surface area (Å²) in [5.74, 6) is 0.0711. The average Bonchev–Trinajstić information content (AvgIpc) is 3.25. The molecule has 1 N–H and O–H groups in total. The van der Waals surface area contributed by atoms with Crippen molar-refractivity contribution < 1.29 is 26.0 Å². The maximum atomic E-state index is 13.5. The third-order valence-corrected chi connectivity index (χ3v) is 7.53. The lowest BCUT2D eigenvalue weighted by Gasteiger charge is -2.23. The molecule has 1 aliphatic heterocycles. The van der Waals surface area contributed by atoms with E-state index < -0.39 is 31.9 Å². The highest BCUT2D eigenvalue weighted by atomic mass is 32.2. The third-order valence-electron chi connectivity index (χ3n) is 5.23. The van der Waals surface area contributed by atoms with E-state index in [1.807, 2.05) is 0 Å². The van der Waals surface area contributed by atoms with Crippen molar-refractivity contribution in [3.8, 4) is 5.75 Å². The molecule has 4 rings (SSSR count). The summed E-state index contributed by atoms with van der Waals surface area (Å²) in [5.41, 5.74) is 1.91. The Kier molecular flexibility index (Phi) is 6.32. The number of benzene rings is 3. The van der Waals surface area contributed by atoms with Crippen LogP contribution in [-0.4, -0.2) is 40.3 Å². The Hall–Kier alpha value is -3.44. The van der Waals surface area contributed by atoms with Gasteiger partial charge in [0.2, 0.25) is 10.0 Å². The van der Waals surface area contributed by atoms with E-state index in [1.165, 1.54) is 43.5 Å². The number of hydrogen-bond donors (Lipinski definition) is 1. The molecule has 0 saturated carbocycles. The van der Waals surface area contributed by atoms with Crippen LogP contribution in [0.5, 0.6) is 5.75 Å². The monoisotopic (exact) mass is 503 g/mol. The Balaban J connectivity index is 1.77. The number of nitrogens with one attached hydrogen (secondary N) is 1. The van der Waals surface area contributed by atoms with E-state index in [2.05, 4.69) is 9.82 Å². The van der Waals surface area contributed by atoms with Gasteiger partial charge in [0.25, 0.3) is 10.0 Å². The Bertz CT molecular complexity index is 1440. The molecule has 34 heavy (non-hydrogen) atoms. The number of anilines is 1. The fourth-order valence-corrected chi connectivity index (χ4v) is 5.64. The lowest BCUT2D eigenvalue weighted by molar-refractivity contribution is 0.371. The first-order valence-electron chi connectivity index (χ1n) is 10.2. The summed E-state index contributed by atoms with van der Waals surface area (Å²) in [6.07, 6.45) is 1.25. The molecule has 3 aromatic rings. The van der Waals surface area contributed by atoms with E-state index in [1.54, 1.807) is 36.4 Å². The summed E-state index contributed by atoms with van der Waals surface area (Å²) in [4.78, 5) is 0.0258. The molecular weight excluding hydrogens is 481 g/mol. The molecule has 0 radical (unpaired) electrons. The normalized spacial score (nSPS) is 16.3. The van der Waals surface area contributed by atoms with E-state index in [0.717, 1.165) is 10.7 Å². The summed E-state index contributed by atoms with van der Waals surface area (Å²) >= 11 is 0. The molecule has 0 unspecified atom stereocenters. The van der Waals surface area contributed by atoms with Crippen molar-refractivity contribution in [3.05, 3.63) is 89.7 Å². The highest BCUT2D eigenvalue weighted by Crippen LogP contribution is 2.37. The second-order valence-corrected chi connectivity index (χ2v) is 11.3. The Labute approximate surface area is 197 Å². The predicted octanol–water partition coefficient (Wildman–Crippen LogP) is 3.75. The standard InChI is InChI=1S/C23H22FN3O5S2/c1-32-20-10-12-21(13-11-20)34(30,31)27-23(16-6-8-18(24)9-7-16)15-22(25-27)17-4-3-5-19(14-17)26-33(2,28)29/h3-14,23,26H,15H2,1-2H3/t23-/m1/s1. The van der Waals surface area contributed by atoms with Crippen LogP contribution in [0, 0.1) is 5.82 Å². The summed E-state index contributed by atoms with van der Waals surface area (Å²) in [6, 6.07) is 17.4. The number of hydrazone groups is 1. The number of halogens is 1. The van der Waals surface area contributed by atoms with Gasteiger partial charge in [0.15, 0.2) is 0 Å². The first-order chi connectivity index (χ1) is 16.1. The van der Waals surface area contributed by atoms with Gasteiger partial charge in [-0.1, -0.05) is 24.3 Å². The van der Waals surface area contributed by atoms with Crippen molar-refractivity contribution in [1.82, 2.24) is 4.41 Å². The zero-order valence-corrected chi connectivity index (χ0v) is 20.0. The van der Waals surface area contributed by atoms with Crippen LogP contribution in [0.25, 0.3) is 0 Å². The van der Waals surface area contributed by atoms with E-state index in [9.17, 15) is 21.2 Å². The van der Waals surface area contributed by atoms with Crippen LogP contribution in [0.2, 0.25) is 0 Å². The molecule has 11 heteroatoms. The molecule has 3 aromatic carbocycles. The van der Waals surface area contributed by atoms with Crippen LogP contribution in [0.15, 0.2) is 82.8 Å². The van der Waals surface area contributed by atoms with Crippen molar-refractivity contribution in [3.63, 3.8) is 0 Å². The largest absolute Gasteiger partial charge is 0.497 e. The van der Waals surface area contributed by atoms with Gasteiger partial charge in [-0.05, 0) is 59.7 Å². The highest BCUT2D eigenvalue weighted by Gasteiger charge is 2.37. The lowest BCUT2D eigenvalue weighted by Crippen LogP contribution is -2.27. The van der Waals surface area contributed by atoms with Crippen molar-refractivity contribution >= 4 is 31.4 Å². The van der Waals surface area contributed by atoms with Gasteiger partial charge in [-0.15, -0.1) is 0 Å². The zero-order valence-electron chi connectivity index (χ0n) is 18.3. The summed E-state index contributed by atoms with van der Waals surface area (Å²) in [5, 5.41) is 4.43. The number of rotatable bonds is 7. The second kappa shape index (κ2) is 9.07. The van der Waals surface area contributed by atoms with Crippen LogP contribution in [0.3, 0.4) is 0 Å². The minimum absolute atomic E-state index is 0.0258. The van der Waals surface area contributed by atoms with Crippen molar-refractivity contribution in [2.45, 2.75) is 17.4 Å². The molecule has 8 nitrogen and oxygen atoms in total. The SMILES string of the molecule is COc1ccc(S(=O)(=O)N2N=C(c3cccc(NS(C)(=O)=O)c3)C[C@@H]2c2ccc(F)cc2)cc1. The zero-order chi connectivity index (χ0) is 24.5. The Morgan fingerprint density at radius 2 is 1.68 bits per heavy atom. The number of hydrogen-bond acceptors (Lipinski definition) is 6. The van der Waals surface area contributed by atoms with Gasteiger partial charge in [-0.25, -0.2) is 12.8 Å². The third kappa shape index (κ3) is 5.05. The molecule has 0 spiro atoms. The van der Waals surface area contributed by atoms with Gasteiger partial charge < -0.3 is 4.74 Å². The van der Waals surface area contributed by atoms with Gasteiger partial charge >= 0.3 is 0 Å². The van der Waals surface area contributed by atoms with Crippen LogP contribution >= 0.6 is 0 Å². The van der Waals surface area contributed by atoms with E-state index in [4.69, 9.17) is 4.74 Å². The van der Waals surface area contributed by atoms with Crippen LogP contribution in [0.4, 0.5) is 10.1 Å². The van der Waals surface area contributed by atoms with Crippen molar-refractivity contribution in [2.24, 2.45) is 5.10 Å². The quantitative estimate of drug-likeness (QED) is 0.529. The number of nitrogens with zero attached hydrogens (tertiary/aromatic N) is 2. The molecule has 1 aliphatic rings. The smallest absolute Gasteiger partial charge is 0.279 e. The first-order valence-corrected chi connectivity index (χ1v) is 13.5. The summed E-state index contributed by atoms with van der Waals surface area (Å²) in [6.45, 7) is 0. The molecule has 178 valence electrons. The molecule has 0 saturated heterocycles. The van der Waals surface area contributed by atoms with E-state index >= 15 is 0 Å². The summed E-state index contributed by atoms with van der Waals surface area (Å²) in [7, 11) is -6.07. The molecule has 0 aromatic heterocycles. The lowest BCUT2D eigenvalue weighted by atomic mass is 9.99. The fourth-order valence-electron chi connectivity index (χ4n) is 3.65. The van der Waals surface area contributed by atoms with Gasteiger partial charge in [-0.2, -0.15) is 17.9 Å². The Morgan fingerprint density at radius 3 is 2.29 bits per heavy atom. The van der Waals surface area contributed by atoms with Gasteiger partial charge in [0.1, 0.15) is 11.6 Å². The van der Waals surface area contributed by atoms with Gasteiger partial charge in [-0.3, -0.25) is 4.72 Å². The average molecular weight is 504 g/mol. The molecule has 1 atom stereocenters. The predicted molar refractivity (Wildman–Crippen MR) is 127 cm³/mol. The molecule has 0 aliphatic carbocycles. The second-order valence-electron chi connectivity index (χ2n) is 7.73. The van der Waals surface area contributed by atoms with Gasteiger partial charge in [0.05, 0.1) is 30.0 Å².